The highest BCUT2D eigenvalue weighted by atomic mass is 16.5. The first-order valence-electron chi connectivity index (χ1n) is 21.2. The fourth-order valence-corrected chi connectivity index (χ4v) is 10.3. The first-order chi connectivity index (χ1) is 30.7. The Bertz CT molecular complexity index is 3550. The third kappa shape index (κ3) is 5.06. The molecule has 13 rings (SSSR count). The summed E-state index contributed by atoms with van der Waals surface area (Å²) in [4.78, 5) is 2.32. The molecule has 0 saturated carbocycles. The molecule has 0 N–H and O–H groups in total. The van der Waals surface area contributed by atoms with Gasteiger partial charge in [-0.2, -0.15) is 0 Å². The van der Waals surface area contributed by atoms with Gasteiger partial charge in [0.1, 0.15) is 22.7 Å². The summed E-state index contributed by atoms with van der Waals surface area (Å²) in [6.07, 6.45) is 0. The van der Waals surface area contributed by atoms with E-state index in [0.29, 0.717) is 0 Å². The maximum absolute atomic E-state index is 6.89. The van der Waals surface area contributed by atoms with Gasteiger partial charge in [-0.25, -0.2) is 0 Å². The van der Waals surface area contributed by atoms with E-state index in [0.717, 1.165) is 72.6 Å². The Morgan fingerprint density at radius 2 is 0.935 bits per heavy atom. The molecule has 0 radical (unpaired) electrons. The molecule has 1 unspecified atom stereocenters. The van der Waals surface area contributed by atoms with Gasteiger partial charge in [0.25, 0.3) is 0 Å². The van der Waals surface area contributed by atoms with Gasteiger partial charge in [-0.1, -0.05) is 164 Å². The Labute approximate surface area is 359 Å². The fraction of sp³-hybridized carbons (Fsp3) is 0.0169. The molecule has 0 amide bonds. The number of furan rings is 1. The van der Waals surface area contributed by atoms with Crippen molar-refractivity contribution in [2.75, 3.05) is 4.90 Å². The summed E-state index contributed by atoms with van der Waals surface area (Å²) in [7, 11) is 0. The number of para-hydroxylation sites is 2. The van der Waals surface area contributed by atoms with Crippen LogP contribution in [-0.2, 0) is 5.41 Å². The topological polar surface area (TPSA) is 25.6 Å². The van der Waals surface area contributed by atoms with E-state index in [1.54, 1.807) is 0 Å². The van der Waals surface area contributed by atoms with Crippen molar-refractivity contribution in [1.29, 1.82) is 0 Å². The molecular formula is C59H37NO2. The number of benzene rings is 10. The van der Waals surface area contributed by atoms with Gasteiger partial charge in [0.05, 0.1) is 5.41 Å². The minimum Gasteiger partial charge on any atom is -0.456 e. The van der Waals surface area contributed by atoms with Crippen molar-refractivity contribution in [2.45, 2.75) is 5.41 Å². The third-order valence-corrected chi connectivity index (χ3v) is 13.1. The largest absolute Gasteiger partial charge is 0.456 e. The normalized spacial score (nSPS) is 14.6. The molecule has 0 saturated heterocycles. The Balaban J connectivity index is 0.956. The molecule has 1 atom stereocenters. The van der Waals surface area contributed by atoms with Crippen LogP contribution in [0.2, 0.25) is 0 Å². The van der Waals surface area contributed by atoms with Crippen LogP contribution in [0.15, 0.2) is 229 Å². The Morgan fingerprint density at radius 3 is 1.76 bits per heavy atom. The minimum absolute atomic E-state index is 0.561. The summed E-state index contributed by atoms with van der Waals surface area (Å²) in [5.74, 6) is 1.82. The Kier molecular flexibility index (Phi) is 7.52. The molecule has 3 nitrogen and oxygen atoms in total. The Hall–Kier alpha value is -8.14. The van der Waals surface area contributed by atoms with E-state index in [1.807, 2.05) is 12.1 Å². The highest BCUT2D eigenvalue weighted by molar-refractivity contribution is 6.06. The number of fused-ring (bicyclic) bond motifs is 14. The number of anilines is 3. The molecule has 3 heteroatoms. The first kappa shape index (κ1) is 34.7. The lowest BCUT2D eigenvalue weighted by atomic mass is 9.65. The Morgan fingerprint density at radius 1 is 0.339 bits per heavy atom. The molecule has 290 valence electrons. The zero-order chi connectivity index (χ0) is 40.8. The highest BCUT2D eigenvalue weighted by Gasteiger charge is 2.51. The van der Waals surface area contributed by atoms with E-state index < -0.39 is 5.41 Å². The van der Waals surface area contributed by atoms with Gasteiger partial charge in [0.15, 0.2) is 0 Å². The quantitative estimate of drug-likeness (QED) is 0.174. The summed E-state index contributed by atoms with van der Waals surface area (Å²) in [6.45, 7) is 0. The van der Waals surface area contributed by atoms with E-state index in [1.165, 1.54) is 44.3 Å². The number of rotatable bonds is 5. The van der Waals surface area contributed by atoms with Crippen LogP contribution in [-0.4, -0.2) is 0 Å². The summed E-state index contributed by atoms with van der Waals surface area (Å²) >= 11 is 0. The SMILES string of the molecule is c1ccc(-c2ccc(N(c3ccc(-c4ccc5c(c4)C4(c6ccccc6Oc6c4ccc4ccccc64)c4ccccc4-5)cc3)c3ccc4c(c3)oc3ccccc34)cc2)cc1. The van der Waals surface area contributed by atoms with E-state index in [2.05, 4.69) is 217 Å². The van der Waals surface area contributed by atoms with Crippen molar-refractivity contribution in [1.82, 2.24) is 0 Å². The molecule has 1 aromatic heterocycles. The second kappa shape index (κ2) is 13.4. The molecule has 0 bridgehead atoms. The monoisotopic (exact) mass is 791 g/mol. The molecule has 1 aliphatic heterocycles. The van der Waals surface area contributed by atoms with Crippen LogP contribution in [0.4, 0.5) is 17.1 Å². The second-order valence-corrected chi connectivity index (χ2v) is 16.4. The number of hydrogen-bond donors (Lipinski definition) is 0. The van der Waals surface area contributed by atoms with Crippen molar-refractivity contribution >= 4 is 49.8 Å². The third-order valence-electron chi connectivity index (χ3n) is 13.1. The predicted molar refractivity (Wildman–Crippen MR) is 254 cm³/mol. The fourth-order valence-electron chi connectivity index (χ4n) is 10.3. The van der Waals surface area contributed by atoms with Gasteiger partial charge in [-0.3, -0.25) is 0 Å². The van der Waals surface area contributed by atoms with Gasteiger partial charge in [-0.05, 0) is 104 Å². The van der Waals surface area contributed by atoms with E-state index >= 15 is 0 Å². The number of hydrogen-bond acceptors (Lipinski definition) is 3. The van der Waals surface area contributed by atoms with E-state index in [9.17, 15) is 0 Å². The summed E-state index contributed by atoms with van der Waals surface area (Å²) < 4.78 is 13.3. The van der Waals surface area contributed by atoms with Gasteiger partial charge in [0.2, 0.25) is 0 Å². The lowest BCUT2D eigenvalue weighted by molar-refractivity contribution is 0.442. The van der Waals surface area contributed by atoms with Gasteiger partial charge in [-0.15, -0.1) is 0 Å². The first-order valence-corrected chi connectivity index (χ1v) is 21.2. The standard InChI is InChI=1S/C59H37NO2/c1-2-12-38(13-3-1)39-22-28-43(29-23-39)60(45-32-34-50-49-17-7-10-20-55(49)61-57(50)37-45)44-30-24-40(25-31-44)42-26-33-48-47-16-6-8-18-51(47)59(54(48)36-42)52-19-9-11-21-56(52)62-58-46-15-5-4-14-41(46)27-35-53(58)59/h1-37H. The molecule has 1 aliphatic carbocycles. The van der Waals surface area contributed by atoms with Crippen molar-refractivity contribution in [3.8, 4) is 44.9 Å². The molecule has 1 spiro atoms. The average molecular weight is 792 g/mol. The number of ether oxygens (including phenoxy) is 1. The van der Waals surface area contributed by atoms with Crippen LogP contribution in [0, 0.1) is 0 Å². The van der Waals surface area contributed by atoms with Crippen LogP contribution in [0.3, 0.4) is 0 Å². The van der Waals surface area contributed by atoms with Crippen LogP contribution >= 0.6 is 0 Å². The summed E-state index contributed by atoms with van der Waals surface area (Å²) in [5, 5.41) is 4.52. The van der Waals surface area contributed by atoms with Crippen LogP contribution in [0.1, 0.15) is 22.3 Å². The maximum Gasteiger partial charge on any atom is 0.140 e. The van der Waals surface area contributed by atoms with Gasteiger partial charge in [0, 0.05) is 50.4 Å². The smallest absolute Gasteiger partial charge is 0.140 e. The van der Waals surface area contributed by atoms with Crippen molar-refractivity contribution in [2.24, 2.45) is 0 Å². The molecule has 2 aliphatic rings. The molecule has 0 fully saturated rings. The van der Waals surface area contributed by atoms with Crippen molar-refractivity contribution < 1.29 is 9.15 Å². The van der Waals surface area contributed by atoms with Crippen LogP contribution < -0.4 is 9.64 Å². The molecule has 62 heavy (non-hydrogen) atoms. The zero-order valence-electron chi connectivity index (χ0n) is 33.6. The van der Waals surface area contributed by atoms with E-state index in [4.69, 9.17) is 9.15 Å². The summed E-state index contributed by atoms with van der Waals surface area (Å²) in [5.41, 5.74) is 16.4. The zero-order valence-corrected chi connectivity index (χ0v) is 33.6. The van der Waals surface area contributed by atoms with Gasteiger partial charge < -0.3 is 14.1 Å². The average Bonchev–Trinajstić information content (AvgIpc) is 3.85. The molecule has 2 heterocycles. The molecule has 10 aromatic carbocycles. The second-order valence-electron chi connectivity index (χ2n) is 16.4. The van der Waals surface area contributed by atoms with Crippen LogP contribution in [0.25, 0.3) is 66.1 Å². The predicted octanol–water partition coefficient (Wildman–Crippen LogP) is 16.0. The summed E-state index contributed by atoms with van der Waals surface area (Å²) in [6, 6.07) is 80.9. The van der Waals surface area contributed by atoms with Gasteiger partial charge >= 0.3 is 0 Å². The molecular weight excluding hydrogens is 755 g/mol. The lowest BCUT2D eigenvalue weighted by Crippen LogP contribution is -2.32. The van der Waals surface area contributed by atoms with Crippen molar-refractivity contribution in [3.05, 3.63) is 247 Å². The molecule has 11 aromatic rings. The maximum atomic E-state index is 6.89. The van der Waals surface area contributed by atoms with E-state index in [-0.39, 0.29) is 0 Å². The minimum atomic E-state index is -0.561. The highest BCUT2D eigenvalue weighted by Crippen LogP contribution is 2.63. The lowest BCUT2D eigenvalue weighted by Gasteiger charge is -2.40. The van der Waals surface area contributed by atoms with Crippen LogP contribution in [0.5, 0.6) is 11.5 Å². The number of nitrogens with zero attached hydrogens (tertiary/aromatic N) is 1. The van der Waals surface area contributed by atoms with Crippen molar-refractivity contribution in [3.63, 3.8) is 0 Å².